The maximum Gasteiger partial charge on any atom is 0.292 e. The van der Waals surface area contributed by atoms with Crippen LogP contribution in [0.3, 0.4) is 0 Å². The monoisotopic (exact) mass is 292 g/mol. The second-order valence-corrected chi connectivity index (χ2v) is 4.59. The summed E-state index contributed by atoms with van der Waals surface area (Å²) in [5, 5.41) is 3.70. The highest BCUT2D eigenvalue weighted by atomic mass is 16.5. The second kappa shape index (κ2) is 6.01. The molecule has 1 fully saturated rings. The van der Waals surface area contributed by atoms with Gasteiger partial charge in [-0.3, -0.25) is 4.79 Å². The van der Waals surface area contributed by atoms with Gasteiger partial charge in [-0.2, -0.15) is 0 Å². The molecule has 2 aromatic rings. The number of furan rings is 1. The van der Waals surface area contributed by atoms with Crippen LogP contribution in [0.2, 0.25) is 0 Å². The third-order valence-electron chi connectivity index (χ3n) is 3.21. The van der Waals surface area contributed by atoms with Crippen molar-refractivity contribution in [2.45, 2.75) is 13.0 Å². The number of ether oxygens (including phenoxy) is 2. The highest BCUT2D eigenvalue weighted by molar-refractivity contribution is 5.91. The van der Waals surface area contributed by atoms with E-state index in [0.717, 1.165) is 0 Å². The van der Waals surface area contributed by atoms with Gasteiger partial charge in [0.05, 0.1) is 32.1 Å². The van der Waals surface area contributed by atoms with Gasteiger partial charge < -0.3 is 23.3 Å². The Bertz CT molecular complexity index is 592. The first-order chi connectivity index (χ1) is 10.3. The summed E-state index contributed by atoms with van der Waals surface area (Å²) in [6.07, 6.45) is 1.33. The average Bonchev–Trinajstić information content (AvgIpc) is 3.18. The third-order valence-corrected chi connectivity index (χ3v) is 3.21. The fourth-order valence-corrected chi connectivity index (χ4v) is 2.21. The molecule has 0 aliphatic carbocycles. The number of carbonyl (C=O) groups is 1. The number of rotatable bonds is 4. The average molecular weight is 292 g/mol. The van der Waals surface area contributed by atoms with Gasteiger partial charge in [0, 0.05) is 6.54 Å². The molecule has 7 heteroatoms. The molecule has 3 rings (SSSR count). The summed E-state index contributed by atoms with van der Waals surface area (Å²) < 4.78 is 21.2. The predicted octanol–water partition coefficient (Wildman–Crippen LogP) is 1.88. The molecule has 0 bridgehead atoms. The van der Waals surface area contributed by atoms with Crippen LogP contribution in [0.25, 0.3) is 0 Å². The first kappa shape index (κ1) is 13.7. The fraction of sp³-hybridized carbons (Fsp3) is 0.429. The van der Waals surface area contributed by atoms with Gasteiger partial charge >= 0.3 is 0 Å². The minimum absolute atomic E-state index is 0.165. The van der Waals surface area contributed by atoms with E-state index in [2.05, 4.69) is 5.16 Å². The molecule has 21 heavy (non-hydrogen) atoms. The Hall–Kier alpha value is -2.28. The largest absolute Gasteiger partial charge is 0.476 e. The van der Waals surface area contributed by atoms with Gasteiger partial charge in [0.15, 0.2) is 0 Å². The van der Waals surface area contributed by atoms with Crippen LogP contribution >= 0.6 is 0 Å². The Balaban J connectivity index is 1.68. The van der Waals surface area contributed by atoms with Crippen molar-refractivity contribution in [2.75, 3.05) is 26.3 Å². The molecule has 0 N–H and O–H groups in total. The molecule has 0 spiro atoms. The smallest absolute Gasteiger partial charge is 0.292 e. The summed E-state index contributed by atoms with van der Waals surface area (Å²) in [4.78, 5) is 14.0. The molecule has 1 amide bonds. The standard InChI is InChI=1S/C14H16N2O5/c1-2-18-13-8-11(21-15-13)14(17)16-5-7-20-12(9-16)10-4-3-6-19-10/h3-4,6,8,12H,2,5,7,9H2,1H3/t12-/m0/s1. The van der Waals surface area contributed by atoms with Crippen LogP contribution in [0.1, 0.15) is 29.3 Å². The lowest BCUT2D eigenvalue weighted by Gasteiger charge is -2.31. The van der Waals surface area contributed by atoms with Crippen LogP contribution in [0.4, 0.5) is 0 Å². The molecule has 1 aliphatic heterocycles. The molecule has 7 nitrogen and oxygen atoms in total. The number of aromatic nitrogens is 1. The fourth-order valence-electron chi connectivity index (χ4n) is 2.21. The maximum atomic E-state index is 12.4. The Morgan fingerprint density at radius 2 is 2.48 bits per heavy atom. The van der Waals surface area contributed by atoms with Crippen molar-refractivity contribution in [2.24, 2.45) is 0 Å². The van der Waals surface area contributed by atoms with Crippen molar-refractivity contribution < 1.29 is 23.2 Å². The lowest BCUT2D eigenvalue weighted by molar-refractivity contribution is -0.0331. The molecule has 0 unspecified atom stereocenters. The van der Waals surface area contributed by atoms with Gasteiger partial charge in [0.1, 0.15) is 11.9 Å². The van der Waals surface area contributed by atoms with Crippen molar-refractivity contribution in [3.8, 4) is 5.88 Å². The van der Waals surface area contributed by atoms with E-state index in [9.17, 15) is 4.79 Å². The van der Waals surface area contributed by atoms with E-state index in [4.69, 9.17) is 18.4 Å². The van der Waals surface area contributed by atoms with Crippen LogP contribution in [0.5, 0.6) is 5.88 Å². The molecule has 0 saturated carbocycles. The lowest BCUT2D eigenvalue weighted by atomic mass is 10.2. The molecule has 1 aliphatic rings. The van der Waals surface area contributed by atoms with E-state index in [0.29, 0.717) is 37.9 Å². The molecule has 1 saturated heterocycles. The minimum atomic E-state index is -0.257. The van der Waals surface area contributed by atoms with Gasteiger partial charge in [0.25, 0.3) is 11.8 Å². The summed E-state index contributed by atoms with van der Waals surface area (Å²) in [7, 11) is 0. The third kappa shape index (κ3) is 2.92. The summed E-state index contributed by atoms with van der Waals surface area (Å²) in [5.41, 5.74) is 0. The highest BCUT2D eigenvalue weighted by Gasteiger charge is 2.29. The van der Waals surface area contributed by atoms with Gasteiger partial charge in [-0.15, -0.1) is 0 Å². The Kier molecular flexibility index (Phi) is 3.92. The lowest BCUT2D eigenvalue weighted by Crippen LogP contribution is -2.42. The van der Waals surface area contributed by atoms with Crippen LogP contribution in [0.15, 0.2) is 33.4 Å². The van der Waals surface area contributed by atoms with E-state index in [1.807, 2.05) is 13.0 Å². The molecule has 1 atom stereocenters. The summed E-state index contributed by atoms with van der Waals surface area (Å²) in [6, 6.07) is 5.13. The van der Waals surface area contributed by atoms with Gasteiger partial charge in [-0.1, -0.05) is 0 Å². The first-order valence-corrected chi connectivity index (χ1v) is 6.81. The highest BCUT2D eigenvalue weighted by Crippen LogP contribution is 2.24. The zero-order valence-corrected chi connectivity index (χ0v) is 11.7. The molecule has 0 aromatic carbocycles. The van der Waals surface area contributed by atoms with Gasteiger partial charge in [-0.05, 0) is 24.2 Å². The Morgan fingerprint density at radius 1 is 1.57 bits per heavy atom. The van der Waals surface area contributed by atoms with Crippen molar-refractivity contribution in [3.63, 3.8) is 0 Å². The van der Waals surface area contributed by atoms with Crippen LogP contribution in [-0.2, 0) is 4.74 Å². The molecule has 0 radical (unpaired) electrons. The summed E-state index contributed by atoms with van der Waals surface area (Å²) >= 11 is 0. The number of morpholine rings is 1. The zero-order chi connectivity index (χ0) is 14.7. The molecular weight excluding hydrogens is 276 g/mol. The van der Waals surface area contributed by atoms with Crippen molar-refractivity contribution in [3.05, 3.63) is 36.0 Å². The van der Waals surface area contributed by atoms with E-state index in [1.165, 1.54) is 6.07 Å². The van der Waals surface area contributed by atoms with E-state index in [-0.39, 0.29) is 17.8 Å². The topological polar surface area (TPSA) is 77.9 Å². The van der Waals surface area contributed by atoms with Crippen molar-refractivity contribution >= 4 is 5.91 Å². The second-order valence-electron chi connectivity index (χ2n) is 4.59. The SMILES string of the molecule is CCOc1cc(C(=O)N2CCO[C@H](c3ccco3)C2)on1. The normalized spacial score (nSPS) is 18.7. The number of hydrogen-bond donors (Lipinski definition) is 0. The number of amides is 1. The van der Waals surface area contributed by atoms with Gasteiger partial charge in [0.2, 0.25) is 5.76 Å². The van der Waals surface area contributed by atoms with Crippen LogP contribution in [-0.4, -0.2) is 42.3 Å². The number of hydrogen-bond acceptors (Lipinski definition) is 6. The predicted molar refractivity (Wildman–Crippen MR) is 71.0 cm³/mol. The van der Waals surface area contributed by atoms with Gasteiger partial charge in [-0.25, -0.2) is 0 Å². The maximum absolute atomic E-state index is 12.4. The molecule has 112 valence electrons. The van der Waals surface area contributed by atoms with E-state index in [1.54, 1.807) is 17.2 Å². The van der Waals surface area contributed by atoms with Crippen molar-refractivity contribution in [1.82, 2.24) is 10.1 Å². The first-order valence-electron chi connectivity index (χ1n) is 6.81. The summed E-state index contributed by atoms with van der Waals surface area (Å²) in [6.45, 7) is 3.67. The Morgan fingerprint density at radius 3 is 3.24 bits per heavy atom. The summed E-state index contributed by atoms with van der Waals surface area (Å²) in [5.74, 6) is 0.962. The minimum Gasteiger partial charge on any atom is -0.476 e. The van der Waals surface area contributed by atoms with Crippen LogP contribution in [0, 0.1) is 0 Å². The zero-order valence-electron chi connectivity index (χ0n) is 11.7. The van der Waals surface area contributed by atoms with Crippen molar-refractivity contribution in [1.29, 1.82) is 0 Å². The number of carbonyl (C=O) groups excluding carboxylic acids is 1. The quantitative estimate of drug-likeness (QED) is 0.856. The number of nitrogens with zero attached hydrogens (tertiary/aromatic N) is 2. The molecular formula is C14H16N2O5. The van der Waals surface area contributed by atoms with E-state index >= 15 is 0 Å². The molecule has 2 aromatic heterocycles. The Labute approximate surface area is 121 Å². The van der Waals surface area contributed by atoms with Crippen LogP contribution < -0.4 is 4.74 Å². The molecule has 3 heterocycles. The van der Waals surface area contributed by atoms with E-state index < -0.39 is 0 Å².